The van der Waals surface area contributed by atoms with Gasteiger partial charge in [-0.3, -0.25) is 4.79 Å². The first-order chi connectivity index (χ1) is 15.9. The van der Waals surface area contributed by atoms with E-state index >= 15 is 0 Å². The van der Waals surface area contributed by atoms with E-state index < -0.39 is 15.3 Å². The van der Waals surface area contributed by atoms with Crippen molar-refractivity contribution >= 4 is 38.7 Å². The molecule has 1 saturated heterocycles. The molecule has 2 heterocycles. The van der Waals surface area contributed by atoms with Gasteiger partial charge >= 0.3 is 0 Å². The fraction of sp³-hybridized carbons (Fsp3) is 0.417. The molecule has 33 heavy (non-hydrogen) atoms. The number of carbonyl (C=O) groups is 1. The average Bonchev–Trinajstić information content (AvgIpc) is 3.17. The number of hydrogen-bond donors (Lipinski definition) is 1. The first kappa shape index (κ1) is 23.8. The summed E-state index contributed by atoms with van der Waals surface area (Å²) >= 11 is 1.44. The molecule has 1 aliphatic rings. The van der Waals surface area contributed by atoms with Crippen LogP contribution in [0.3, 0.4) is 0 Å². The SMILES string of the molecule is CCCCn1c(S[C@@H](C(=O)N2CCCCC2)c2ccccc2)nc2cc(S(N)(=O)=O)ccc21. The van der Waals surface area contributed by atoms with E-state index in [-0.39, 0.29) is 10.8 Å². The standard InChI is InChI=1S/C24H30N4O3S2/c1-2-3-16-28-21-13-12-19(33(25,30)31)17-20(21)26-24(28)32-22(18-10-6-4-7-11-18)23(29)27-14-8-5-9-15-27/h4,6-7,10-13,17,22H,2-3,5,8-9,14-16H2,1H3,(H2,25,30,31)/t22-/m1/s1. The van der Waals surface area contributed by atoms with Crippen LogP contribution in [-0.4, -0.2) is 41.9 Å². The number of nitrogens with two attached hydrogens (primary N) is 1. The molecule has 1 atom stereocenters. The fourth-order valence-electron chi connectivity index (χ4n) is 4.16. The van der Waals surface area contributed by atoms with Gasteiger partial charge in [-0.1, -0.05) is 55.4 Å². The zero-order valence-corrected chi connectivity index (χ0v) is 20.4. The molecule has 0 unspecified atom stereocenters. The van der Waals surface area contributed by atoms with Crippen LogP contribution in [0.2, 0.25) is 0 Å². The van der Waals surface area contributed by atoms with Gasteiger partial charge in [-0.15, -0.1) is 0 Å². The molecule has 0 saturated carbocycles. The number of benzene rings is 2. The van der Waals surface area contributed by atoms with Crippen molar-refractivity contribution in [2.24, 2.45) is 5.14 Å². The molecule has 7 nitrogen and oxygen atoms in total. The second kappa shape index (κ2) is 10.3. The topological polar surface area (TPSA) is 98.3 Å². The fourth-order valence-corrected chi connectivity index (χ4v) is 5.92. The van der Waals surface area contributed by atoms with Gasteiger partial charge < -0.3 is 9.47 Å². The van der Waals surface area contributed by atoms with Crippen LogP contribution in [-0.2, 0) is 21.4 Å². The Labute approximate surface area is 199 Å². The first-order valence-electron chi connectivity index (χ1n) is 11.4. The Morgan fingerprint density at radius 1 is 1.12 bits per heavy atom. The lowest BCUT2D eigenvalue weighted by Gasteiger charge is -2.30. The van der Waals surface area contributed by atoms with Crippen molar-refractivity contribution < 1.29 is 13.2 Å². The number of piperidine rings is 1. The van der Waals surface area contributed by atoms with E-state index in [0.717, 1.165) is 62.8 Å². The van der Waals surface area contributed by atoms with E-state index in [2.05, 4.69) is 11.5 Å². The predicted octanol–water partition coefficient (Wildman–Crippen LogP) is 4.33. The molecule has 2 N–H and O–H groups in total. The van der Waals surface area contributed by atoms with Gasteiger partial charge in [0.15, 0.2) is 5.16 Å². The maximum atomic E-state index is 13.6. The molecule has 0 bridgehead atoms. The van der Waals surface area contributed by atoms with Gasteiger partial charge in [0, 0.05) is 19.6 Å². The lowest BCUT2D eigenvalue weighted by Crippen LogP contribution is -2.38. The molecule has 3 aromatic rings. The van der Waals surface area contributed by atoms with E-state index in [1.54, 1.807) is 6.07 Å². The summed E-state index contributed by atoms with van der Waals surface area (Å²) in [5.74, 6) is 0.102. The molecular weight excluding hydrogens is 456 g/mol. The minimum Gasteiger partial charge on any atom is -0.341 e. The van der Waals surface area contributed by atoms with E-state index in [1.165, 1.54) is 23.9 Å². The molecule has 1 aromatic heterocycles. The maximum absolute atomic E-state index is 13.6. The largest absolute Gasteiger partial charge is 0.341 e. The number of primary sulfonamides is 1. The summed E-state index contributed by atoms with van der Waals surface area (Å²) in [6, 6.07) is 14.6. The molecule has 0 aliphatic carbocycles. The summed E-state index contributed by atoms with van der Waals surface area (Å²) in [5.41, 5.74) is 2.35. The number of sulfonamides is 1. The zero-order chi connectivity index (χ0) is 23.4. The van der Waals surface area contributed by atoms with Gasteiger partial charge in [-0.2, -0.15) is 0 Å². The van der Waals surface area contributed by atoms with Gasteiger partial charge in [0.25, 0.3) is 0 Å². The lowest BCUT2D eigenvalue weighted by molar-refractivity contribution is -0.131. The number of carbonyl (C=O) groups excluding carboxylic acids is 1. The number of thioether (sulfide) groups is 1. The highest BCUT2D eigenvalue weighted by Gasteiger charge is 2.30. The number of imidazole rings is 1. The third kappa shape index (κ3) is 5.42. The Kier molecular flexibility index (Phi) is 7.41. The van der Waals surface area contributed by atoms with E-state index in [4.69, 9.17) is 10.1 Å². The van der Waals surface area contributed by atoms with Crippen molar-refractivity contribution in [3.63, 3.8) is 0 Å². The third-order valence-electron chi connectivity index (χ3n) is 5.97. The van der Waals surface area contributed by atoms with Gasteiger partial charge in [-0.25, -0.2) is 18.5 Å². The van der Waals surface area contributed by atoms with Crippen molar-refractivity contribution in [2.75, 3.05) is 13.1 Å². The number of nitrogens with zero attached hydrogens (tertiary/aromatic N) is 3. The van der Waals surface area contributed by atoms with Crippen molar-refractivity contribution in [1.82, 2.24) is 14.5 Å². The minimum absolute atomic E-state index is 0.0377. The molecule has 1 amide bonds. The van der Waals surface area contributed by atoms with Crippen LogP contribution < -0.4 is 5.14 Å². The molecule has 9 heteroatoms. The Morgan fingerprint density at radius 3 is 2.52 bits per heavy atom. The molecule has 2 aromatic carbocycles. The van der Waals surface area contributed by atoms with Crippen LogP contribution >= 0.6 is 11.8 Å². The second-order valence-electron chi connectivity index (χ2n) is 8.39. The Hall–Kier alpha value is -2.36. The van der Waals surface area contributed by atoms with Crippen molar-refractivity contribution in [1.29, 1.82) is 0 Å². The van der Waals surface area contributed by atoms with Crippen molar-refractivity contribution in [3.05, 3.63) is 54.1 Å². The molecular formula is C24H30N4O3S2. The van der Waals surface area contributed by atoms with Crippen LogP contribution in [0.4, 0.5) is 0 Å². The van der Waals surface area contributed by atoms with Crippen LogP contribution in [0.15, 0.2) is 58.6 Å². The van der Waals surface area contributed by atoms with Crippen molar-refractivity contribution in [2.45, 2.75) is 60.9 Å². The molecule has 1 aliphatic heterocycles. The summed E-state index contributed by atoms with van der Waals surface area (Å²) in [4.78, 5) is 20.4. The summed E-state index contributed by atoms with van der Waals surface area (Å²) in [5, 5.41) is 5.63. The monoisotopic (exact) mass is 486 g/mol. The highest BCUT2D eigenvalue weighted by atomic mass is 32.2. The highest BCUT2D eigenvalue weighted by Crippen LogP contribution is 2.38. The summed E-state index contributed by atoms with van der Waals surface area (Å²) in [6.45, 7) is 4.43. The van der Waals surface area contributed by atoms with Gasteiger partial charge in [-0.05, 0) is 49.4 Å². The molecule has 0 spiro atoms. The normalized spacial score (nSPS) is 15.6. The van der Waals surface area contributed by atoms with Crippen LogP contribution in [0.25, 0.3) is 11.0 Å². The number of likely N-dealkylation sites (tertiary alicyclic amines) is 1. The smallest absolute Gasteiger partial charge is 0.240 e. The zero-order valence-electron chi connectivity index (χ0n) is 18.8. The minimum atomic E-state index is -3.83. The Balaban J connectivity index is 1.76. The summed E-state index contributed by atoms with van der Waals surface area (Å²) in [6.07, 6.45) is 5.18. The lowest BCUT2D eigenvalue weighted by atomic mass is 10.1. The third-order valence-corrected chi connectivity index (χ3v) is 8.11. The maximum Gasteiger partial charge on any atom is 0.240 e. The van der Waals surface area contributed by atoms with Crippen molar-refractivity contribution in [3.8, 4) is 0 Å². The number of unbranched alkanes of at least 4 members (excludes halogenated alkanes) is 1. The number of amides is 1. The number of hydrogen-bond acceptors (Lipinski definition) is 5. The number of rotatable bonds is 8. The molecule has 0 radical (unpaired) electrons. The highest BCUT2D eigenvalue weighted by molar-refractivity contribution is 8.00. The van der Waals surface area contributed by atoms with E-state index in [0.29, 0.717) is 10.7 Å². The Bertz CT molecular complexity index is 1220. The second-order valence-corrected chi connectivity index (χ2v) is 11.0. The van der Waals surface area contributed by atoms with Gasteiger partial charge in [0.1, 0.15) is 5.25 Å². The Morgan fingerprint density at radius 2 is 1.85 bits per heavy atom. The van der Waals surface area contributed by atoms with E-state index in [1.807, 2.05) is 35.2 Å². The quantitative estimate of drug-likeness (QED) is 0.478. The number of aryl methyl sites for hydroxylation is 1. The van der Waals surface area contributed by atoms with Gasteiger partial charge in [0.2, 0.25) is 15.9 Å². The van der Waals surface area contributed by atoms with Crippen LogP contribution in [0, 0.1) is 0 Å². The molecule has 4 rings (SSSR count). The molecule has 1 fully saturated rings. The summed E-state index contributed by atoms with van der Waals surface area (Å²) in [7, 11) is -3.83. The molecule has 176 valence electrons. The summed E-state index contributed by atoms with van der Waals surface area (Å²) < 4.78 is 25.8. The first-order valence-corrected chi connectivity index (χ1v) is 13.8. The van der Waals surface area contributed by atoms with Crippen LogP contribution in [0.5, 0.6) is 0 Å². The number of fused-ring (bicyclic) bond motifs is 1. The average molecular weight is 487 g/mol. The number of aromatic nitrogens is 2. The van der Waals surface area contributed by atoms with Gasteiger partial charge in [0.05, 0.1) is 15.9 Å². The predicted molar refractivity (Wildman–Crippen MR) is 131 cm³/mol. The van der Waals surface area contributed by atoms with Crippen LogP contribution in [0.1, 0.15) is 49.8 Å². The van der Waals surface area contributed by atoms with E-state index in [9.17, 15) is 13.2 Å².